The highest BCUT2D eigenvalue weighted by Gasteiger charge is 2.22. The Bertz CT molecular complexity index is 550. The highest BCUT2D eigenvalue weighted by atomic mass is 35.5. The molecule has 1 aliphatic carbocycles. The van der Waals surface area contributed by atoms with Crippen molar-refractivity contribution < 1.29 is 9.53 Å². The van der Waals surface area contributed by atoms with Gasteiger partial charge in [0.05, 0.1) is 6.54 Å². The van der Waals surface area contributed by atoms with E-state index in [4.69, 9.17) is 22.8 Å². The van der Waals surface area contributed by atoms with E-state index in [-0.39, 0.29) is 12.5 Å². The maximum atomic E-state index is 11.8. The first-order chi connectivity index (χ1) is 10.1. The maximum Gasteiger partial charge on any atom is 0.261 e. The minimum atomic E-state index is -0.628. The van der Waals surface area contributed by atoms with Gasteiger partial charge in [-0.05, 0) is 31.9 Å². The molecule has 2 rings (SSSR count). The second kappa shape index (κ2) is 7.35. The molecule has 0 heterocycles. The Labute approximate surface area is 130 Å². The Morgan fingerprint density at radius 1 is 1.57 bits per heavy atom. The Balaban J connectivity index is 2.02. The maximum absolute atomic E-state index is 11.8. The molecule has 0 saturated heterocycles. The van der Waals surface area contributed by atoms with Crippen LogP contribution >= 0.6 is 11.6 Å². The van der Waals surface area contributed by atoms with E-state index in [1.807, 2.05) is 18.2 Å². The average Bonchev–Trinajstić information content (AvgIpc) is 3.28. The molecule has 1 aromatic rings. The molecule has 2 N–H and O–H groups in total. The third kappa shape index (κ3) is 4.66. The van der Waals surface area contributed by atoms with Gasteiger partial charge in [0, 0.05) is 23.2 Å². The van der Waals surface area contributed by atoms with Crippen molar-refractivity contribution in [2.75, 3.05) is 6.54 Å². The topological polar surface area (TPSA) is 50.4 Å². The first kappa shape index (κ1) is 15.7. The van der Waals surface area contributed by atoms with Gasteiger partial charge in [-0.25, -0.2) is 0 Å². The van der Waals surface area contributed by atoms with Crippen LogP contribution < -0.4 is 15.4 Å². The lowest BCUT2D eigenvalue weighted by Crippen LogP contribution is -2.36. The molecule has 1 saturated carbocycles. The molecule has 21 heavy (non-hydrogen) atoms. The molecule has 5 heteroatoms. The number of nitrogens with one attached hydrogen (secondary N) is 2. The summed E-state index contributed by atoms with van der Waals surface area (Å²) in [7, 11) is 0. The van der Waals surface area contributed by atoms with E-state index in [0.717, 1.165) is 5.56 Å². The zero-order valence-electron chi connectivity index (χ0n) is 12.0. The Kier molecular flexibility index (Phi) is 5.49. The molecule has 0 radical (unpaired) electrons. The van der Waals surface area contributed by atoms with Crippen LogP contribution in [-0.4, -0.2) is 24.6 Å². The van der Waals surface area contributed by atoms with Gasteiger partial charge >= 0.3 is 0 Å². The van der Waals surface area contributed by atoms with Crippen LogP contribution in [0.5, 0.6) is 5.75 Å². The largest absolute Gasteiger partial charge is 0.481 e. The van der Waals surface area contributed by atoms with Crippen LogP contribution in [0.25, 0.3) is 0 Å². The number of rotatable bonds is 7. The first-order valence-electron chi connectivity index (χ1n) is 7.00. The van der Waals surface area contributed by atoms with Crippen molar-refractivity contribution >= 4 is 17.5 Å². The summed E-state index contributed by atoms with van der Waals surface area (Å²) >= 11 is 6.23. The average molecular weight is 307 g/mol. The molecule has 0 aliphatic heterocycles. The number of amides is 1. The summed E-state index contributed by atoms with van der Waals surface area (Å²) in [5.41, 5.74) is 0.877. The molecule has 0 spiro atoms. The Morgan fingerprint density at radius 2 is 2.33 bits per heavy atom. The van der Waals surface area contributed by atoms with E-state index in [2.05, 4.69) is 16.6 Å². The van der Waals surface area contributed by atoms with Crippen molar-refractivity contribution in [2.45, 2.75) is 38.5 Å². The first-order valence-corrected chi connectivity index (χ1v) is 7.38. The molecule has 1 aromatic carbocycles. The minimum absolute atomic E-state index is 0.193. The summed E-state index contributed by atoms with van der Waals surface area (Å²) in [6.07, 6.45) is 6.89. The third-order valence-corrected chi connectivity index (χ3v) is 3.61. The lowest BCUT2D eigenvalue weighted by Gasteiger charge is -2.18. The normalized spacial score (nSPS) is 15.1. The fourth-order valence-electron chi connectivity index (χ4n) is 1.88. The van der Waals surface area contributed by atoms with Crippen LogP contribution in [0, 0.1) is 12.3 Å². The zero-order valence-corrected chi connectivity index (χ0v) is 12.7. The second-order valence-electron chi connectivity index (χ2n) is 5.05. The highest BCUT2D eigenvalue weighted by molar-refractivity contribution is 6.31. The summed E-state index contributed by atoms with van der Waals surface area (Å²) in [6, 6.07) is 6.03. The smallest absolute Gasteiger partial charge is 0.261 e. The summed E-state index contributed by atoms with van der Waals surface area (Å²) in [5, 5.41) is 6.63. The number of hydrogen-bond acceptors (Lipinski definition) is 3. The molecule has 112 valence electrons. The number of ether oxygens (including phenoxy) is 1. The predicted octanol–water partition coefficient (Wildman–Crippen LogP) is 2.11. The molecule has 1 amide bonds. The fraction of sp³-hybridized carbons (Fsp3) is 0.438. The SMILES string of the molecule is C#CCNC(=O)C(C)Oc1cccc(Cl)c1CNC1CC1. The molecular weight excluding hydrogens is 288 g/mol. The molecule has 0 aromatic heterocycles. The van der Waals surface area contributed by atoms with Crippen molar-refractivity contribution in [2.24, 2.45) is 0 Å². The van der Waals surface area contributed by atoms with E-state index >= 15 is 0 Å². The van der Waals surface area contributed by atoms with Gasteiger partial charge in [-0.2, -0.15) is 0 Å². The monoisotopic (exact) mass is 306 g/mol. The van der Waals surface area contributed by atoms with E-state index in [1.54, 1.807) is 6.92 Å². The summed E-state index contributed by atoms with van der Waals surface area (Å²) in [6.45, 7) is 2.52. The second-order valence-corrected chi connectivity index (χ2v) is 5.46. The lowest BCUT2D eigenvalue weighted by molar-refractivity contribution is -0.127. The third-order valence-electron chi connectivity index (χ3n) is 3.26. The molecule has 4 nitrogen and oxygen atoms in total. The number of hydrogen-bond donors (Lipinski definition) is 2. The van der Waals surface area contributed by atoms with Gasteiger partial charge in [0.2, 0.25) is 0 Å². The van der Waals surface area contributed by atoms with E-state index in [0.29, 0.717) is 23.4 Å². The summed E-state index contributed by atoms with van der Waals surface area (Å²) in [5.74, 6) is 2.74. The van der Waals surface area contributed by atoms with Gasteiger partial charge in [-0.3, -0.25) is 4.79 Å². The number of terminal acetylenes is 1. The Morgan fingerprint density at radius 3 is 3.00 bits per heavy atom. The van der Waals surface area contributed by atoms with Gasteiger partial charge in [0.25, 0.3) is 5.91 Å². The molecular formula is C16H19ClN2O2. The van der Waals surface area contributed by atoms with Crippen molar-refractivity contribution in [3.05, 3.63) is 28.8 Å². The van der Waals surface area contributed by atoms with Crippen LogP contribution in [0.1, 0.15) is 25.3 Å². The number of carbonyl (C=O) groups excluding carboxylic acids is 1. The highest BCUT2D eigenvalue weighted by Crippen LogP contribution is 2.28. The van der Waals surface area contributed by atoms with Crippen LogP contribution in [0.3, 0.4) is 0 Å². The molecule has 1 aliphatic rings. The summed E-state index contributed by atoms with van der Waals surface area (Å²) in [4.78, 5) is 11.8. The van der Waals surface area contributed by atoms with Gasteiger partial charge < -0.3 is 15.4 Å². The van der Waals surface area contributed by atoms with E-state index < -0.39 is 6.10 Å². The van der Waals surface area contributed by atoms with E-state index in [9.17, 15) is 4.79 Å². The molecule has 1 unspecified atom stereocenters. The molecule has 1 fully saturated rings. The van der Waals surface area contributed by atoms with Crippen molar-refractivity contribution in [3.8, 4) is 18.1 Å². The molecule has 1 atom stereocenters. The number of halogens is 1. The van der Waals surface area contributed by atoms with Crippen LogP contribution in [-0.2, 0) is 11.3 Å². The van der Waals surface area contributed by atoms with Gasteiger partial charge in [-0.15, -0.1) is 6.42 Å². The number of benzene rings is 1. The van der Waals surface area contributed by atoms with Crippen LogP contribution in [0.2, 0.25) is 5.02 Å². The van der Waals surface area contributed by atoms with Gasteiger partial charge in [0.15, 0.2) is 6.10 Å². The predicted molar refractivity (Wildman–Crippen MR) is 83.2 cm³/mol. The van der Waals surface area contributed by atoms with Crippen LogP contribution in [0.4, 0.5) is 0 Å². The van der Waals surface area contributed by atoms with Crippen molar-refractivity contribution in [1.82, 2.24) is 10.6 Å². The minimum Gasteiger partial charge on any atom is -0.481 e. The fourth-order valence-corrected chi connectivity index (χ4v) is 2.11. The van der Waals surface area contributed by atoms with Crippen LogP contribution in [0.15, 0.2) is 18.2 Å². The van der Waals surface area contributed by atoms with E-state index in [1.165, 1.54) is 12.8 Å². The Hall–Kier alpha value is -1.70. The molecule has 0 bridgehead atoms. The van der Waals surface area contributed by atoms with Gasteiger partial charge in [0.1, 0.15) is 5.75 Å². The summed E-state index contributed by atoms with van der Waals surface area (Å²) < 4.78 is 5.73. The zero-order chi connectivity index (χ0) is 15.2. The number of carbonyl (C=O) groups is 1. The lowest BCUT2D eigenvalue weighted by atomic mass is 10.2. The van der Waals surface area contributed by atoms with Crippen molar-refractivity contribution in [3.63, 3.8) is 0 Å². The quantitative estimate of drug-likeness (QED) is 0.759. The standard InChI is InChI=1S/C16H19ClN2O2/c1-3-9-18-16(20)11(2)21-15-6-4-5-14(17)13(15)10-19-12-7-8-12/h1,4-6,11-12,19H,7-10H2,2H3,(H,18,20). The van der Waals surface area contributed by atoms with Crippen molar-refractivity contribution in [1.29, 1.82) is 0 Å². The van der Waals surface area contributed by atoms with Gasteiger partial charge in [-0.1, -0.05) is 23.6 Å².